The lowest BCUT2D eigenvalue weighted by molar-refractivity contribution is -0.110. The van der Waals surface area contributed by atoms with Gasteiger partial charge in [-0.25, -0.2) is 0 Å². The van der Waals surface area contributed by atoms with Gasteiger partial charge in [-0.05, 0) is 13.3 Å². The van der Waals surface area contributed by atoms with E-state index in [4.69, 9.17) is 5.41 Å². The van der Waals surface area contributed by atoms with Gasteiger partial charge in [-0.15, -0.1) is 9.24 Å². The average molecular weight is 163 g/mol. The lowest BCUT2D eigenvalue weighted by atomic mass is 10.5. The fourth-order valence-electron chi connectivity index (χ4n) is 0.346. The molecule has 4 heteroatoms. The molecule has 0 spiro atoms. The predicted octanol–water partition coefficient (Wildman–Crippen LogP) is 1.15. The average Bonchev–Trinajstić information content (AvgIpc) is 1.84. The van der Waals surface area contributed by atoms with E-state index in [1.807, 2.05) is 13.3 Å². The Morgan fingerprint density at radius 1 is 1.67 bits per heavy atom. The van der Waals surface area contributed by atoms with Crippen molar-refractivity contribution in [2.45, 2.75) is 0 Å². The van der Waals surface area contributed by atoms with Gasteiger partial charge in [-0.2, -0.15) is 0 Å². The van der Waals surface area contributed by atoms with Gasteiger partial charge in [0.15, 0.2) is 5.78 Å². The first-order valence-corrected chi connectivity index (χ1v) is 5.64. The van der Waals surface area contributed by atoms with Crippen molar-refractivity contribution in [3.05, 3.63) is 0 Å². The van der Waals surface area contributed by atoms with Gasteiger partial charge in [0.25, 0.3) is 0 Å². The van der Waals surface area contributed by atoms with Crippen LogP contribution in [0.15, 0.2) is 0 Å². The van der Waals surface area contributed by atoms with Crippen molar-refractivity contribution < 1.29 is 4.79 Å². The summed E-state index contributed by atoms with van der Waals surface area (Å²) in [4.78, 5) is 10.7. The Balaban J connectivity index is 3.89. The summed E-state index contributed by atoms with van der Waals surface area (Å²) in [5, 5.41) is 7.22. The van der Waals surface area contributed by atoms with Crippen molar-refractivity contribution in [2.24, 2.45) is 0 Å². The van der Waals surface area contributed by atoms with Crippen LogP contribution in [0, 0.1) is 5.41 Å². The molecule has 1 unspecified atom stereocenters. The van der Waals surface area contributed by atoms with E-state index in [9.17, 15) is 4.79 Å². The van der Waals surface area contributed by atoms with Crippen LogP contribution in [0.2, 0.25) is 0 Å². The van der Waals surface area contributed by atoms with Crippen molar-refractivity contribution in [3.8, 4) is 0 Å². The zero-order chi connectivity index (χ0) is 7.44. The molecule has 0 radical (unpaired) electrons. The van der Waals surface area contributed by atoms with E-state index in [2.05, 4.69) is 9.24 Å². The standard InChI is InChI=1S/C5H11NOP2/c1-9(2)5(6)4(7)3-8/h6H,3,8H2,1-2H3. The molecule has 0 aromatic rings. The van der Waals surface area contributed by atoms with Gasteiger partial charge in [0.2, 0.25) is 0 Å². The molecule has 0 heterocycles. The Bertz CT molecular complexity index is 133. The van der Waals surface area contributed by atoms with E-state index in [0.29, 0.717) is 11.6 Å². The van der Waals surface area contributed by atoms with Crippen LogP contribution in [0.4, 0.5) is 0 Å². The third-order valence-corrected chi connectivity index (χ3v) is 2.41. The topological polar surface area (TPSA) is 40.9 Å². The predicted molar refractivity (Wildman–Crippen MR) is 46.1 cm³/mol. The molecule has 0 aliphatic heterocycles. The van der Waals surface area contributed by atoms with Crippen LogP contribution in [0.5, 0.6) is 0 Å². The van der Waals surface area contributed by atoms with E-state index in [0.717, 1.165) is 0 Å². The number of nitrogens with one attached hydrogen (secondary N) is 1. The van der Waals surface area contributed by atoms with Crippen LogP contribution >= 0.6 is 17.2 Å². The monoisotopic (exact) mass is 163 g/mol. The quantitative estimate of drug-likeness (QED) is 0.492. The summed E-state index contributed by atoms with van der Waals surface area (Å²) in [5.74, 6) is -0.0453. The third-order valence-electron chi connectivity index (χ3n) is 0.897. The number of carbonyl (C=O) groups is 1. The Labute approximate surface area is 58.9 Å². The van der Waals surface area contributed by atoms with Gasteiger partial charge in [0, 0.05) is 6.16 Å². The van der Waals surface area contributed by atoms with E-state index in [1.54, 1.807) is 0 Å². The summed E-state index contributed by atoms with van der Waals surface area (Å²) >= 11 is 0. The van der Waals surface area contributed by atoms with Crippen LogP contribution in [0.1, 0.15) is 0 Å². The first-order valence-electron chi connectivity index (χ1n) is 2.58. The summed E-state index contributed by atoms with van der Waals surface area (Å²) in [6.45, 7) is 3.83. The molecule has 0 bridgehead atoms. The van der Waals surface area contributed by atoms with Crippen LogP contribution in [0.3, 0.4) is 0 Å². The van der Waals surface area contributed by atoms with Crippen molar-refractivity contribution >= 4 is 28.4 Å². The van der Waals surface area contributed by atoms with Gasteiger partial charge >= 0.3 is 0 Å². The van der Waals surface area contributed by atoms with Crippen LogP contribution in [0.25, 0.3) is 0 Å². The molecule has 1 atom stereocenters. The highest BCUT2D eigenvalue weighted by Gasteiger charge is 2.09. The van der Waals surface area contributed by atoms with Gasteiger partial charge in [0.1, 0.15) is 0 Å². The molecule has 9 heavy (non-hydrogen) atoms. The van der Waals surface area contributed by atoms with E-state index in [-0.39, 0.29) is 5.78 Å². The fraction of sp³-hybridized carbons (Fsp3) is 0.600. The molecular formula is C5H11NOP2. The molecule has 0 amide bonds. The van der Waals surface area contributed by atoms with Gasteiger partial charge < -0.3 is 0 Å². The second-order valence-electron chi connectivity index (χ2n) is 1.87. The molecule has 0 aliphatic carbocycles. The first kappa shape index (κ1) is 9.20. The third kappa shape index (κ3) is 3.03. The van der Waals surface area contributed by atoms with E-state index < -0.39 is 7.92 Å². The Kier molecular flexibility index (Phi) is 4.18. The molecule has 0 saturated heterocycles. The summed E-state index contributed by atoms with van der Waals surface area (Å²) < 4.78 is 0. The highest BCUT2D eigenvalue weighted by molar-refractivity contribution is 7.76. The van der Waals surface area contributed by atoms with Crippen molar-refractivity contribution in [3.63, 3.8) is 0 Å². The van der Waals surface area contributed by atoms with Crippen molar-refractivity contribution in [1.29, 1.82) is 5.41 Å². The molecule has 52 valence electrons. The maximum Gasteiger partial charge on any atom is 0.184 e. The largest absolute Gasteiger partial charge is 0.297 e. The maximum atomic E-state index is 10.7. The van der Waals surface area contributed by atoms with Crippen LogP contribution in [-0.4, -0.2) is 30.7 Å². The van der Waals surface area contributed by atoms with Gasteiger partial charge in [0.05, 0.1) is 5.45 Å². The van der Waals surface area contributed by atoms with Crippen LogP contribution in [-0.2, 0) is 4.79 Å². The summed E-state index contributed by atoms with van der Waals surface area (Å²) in [7, 11) is 1.84. The van der Waals surface area contributed by atoms with Crippen molar-refractivity contribution in [1.82, 2.24) is 0 Å². The number of hydrogen-bond donors (Lipinski definition) is 1. The Morgan fingerprint density at radius 3 is 2.22 bits per heavy atom. The molecule has 0 rings (SSSR count). The highest BCUT2D eigenvalue weighted by Crippen LogP contribution is 2.26. The minimum Gasteiger partial charge on any atom is -0.297 e. The maximum absolute atomic E-state index is 10.7. The molecular weight excluding hydrogens is 152 g/mol. The number of ketones is 1. The lowest BCUT2D eigenvalue weighted by Crippen LogP contribution is -2.10. The summed E-state index contributed by atoms with van der Waals surface area (Å²) in [6.07, 6.45) is 0.388. The Hall–Kier alpha value is 0.200. The van der Waals surface area contributed by atoms with Crippen molar-refractivity contribution in [2.75, 3.05) is 19.5 Å². The zero-order valence-corrected chi connectivity index (χ0v) is 7.69. The highest BCUT2D eigenvalue weighted by atomic mass is 31.1. The molecule has 0 fully saturated rings. The number of Topliss-reactive ketones (excluding diaryl/α,β-unsaturated/α-hetero) is 1. The molecule has 0 aromatic carbocycles. The molecule has 0 saturated carbocycles. The molecule has 0 aliphatic rings. The molecule has 2 nitrogen and oxygen atoms in total. The summed E-state index contributed by atoms with van der Waals surface area (Å²) in [5.41, 5.74) is 0.292. The van der Waals surface area contributed by atoms with Crippen LogP contribution < -0.4 is 0 Å². The zero-order valence-electron chi connectivity index (χ0n) is 5.64. The number of hydrogen-bond acceptors (Lipinski definition) is 2. The Morgan fingerprint density at radius 2 is 2.11 bits per heavy atom. The van der Waals surface area contributed by atoms with E-state index in [1.165, 1.54) is 0 Å². The second-order valence-corrected chi connectivity index (χ2v) is 4.51. The first-order chi connectivity index (χ1) is 4.09. The molecule has 0 aromatic heterocycles. The van der Waals surface area contributed by atoms with E-state index >= 15 is 0 Å². The van der Waals surface area contributed by atoms with Gasteiger partial charge in [-0.1, -0.05) is 7.92 Å². The lowest BCUT2D eigenvalue weighted by Gasteiger charge is -2.02. The molecule has 1 N–H and O–H groups in total. The smallest absolute Gasteiger partial charge is 0.184 e. The second kappa shape index (κ2) is 4.09. The van der Waals surface area contributed by atoms with Gasteiger partial charge in [-0.3, -0.25) is 10.2 Å². The number of rotatable bonds is 3. The number of carbonyl (C=O) groups excluding carboxylic acids is 1. The SMILES string of the molecule is CP(C)C(=N)C(=O)CP. The minimum absolute atomic E-state index is 0.0453. The normalized spacial score (nSPS) is 9.78. The minimum atomic E-state index is -0.486. The fourth-order valence-corrected chi connectivity index (χ4v) is 1.31. The summed E-state index contributed by atoms with van der Waals surface area (Å²) in [6, 6.07) is 0.